The topological polar surface area (TPSA) is 107 Å². The van der Waals surface area contributed by atoms with E-state index in [1.165, 1.54) is 6.33 Å². The first kappa shape index (κ1) is 8.70. The zero-order valence-electron chi connectivity index (χ0n) is 7.24. The quantitative estimate of drug-likeness (QED) is 0.505. The first-order valence-electron chi connectivity index (χ1n) is 4.09. The van der Waals surface area contributed by atoms with Crippen LogP contribution in [0.1, 0.15) is 0 Å². The molecular formula is C7H9N5O2. The maximum atomic E-state index is 11.4. The van der Waals surface area contributed by atoms with Crippen LogP contribution in [0.15, 0.2) is 11.1 Å². The van der Waals surface area contributed by atoms with Crippen LogP contribution in [-0.4, -0.2) is 38.2 Å². The van der Waals surface area contributed by atoms with Crippen LogP contribution in [0.3, 0.4) is 0 Å². The highest BCUT2D eigenvalue weighted by molar-refractivity contribution is 5.69. The minimum absolute atomic E-state index is 0.0255. The Morgan fingerprint density at radius 2 is 2.43 bits per heavy atom. The number of aliphatic hydroxyl groups excluding tert-OH is 1. The van der Waals surface area contributed by atoms with Crippen LogP contribution in [0.4, 0.5) is 5.95 Å². The van der Waals surface area contributed by atoms with Gasteiger partial charge in [-0.25, -0.2) is 4.98 Å². The molecule has 7 nitrogen and oxygen atoms in total. The van der Waals surface area contributed by atoms with Crippen molar-refractivity contribution in [1.82, 2.24) is 19.9 Å². The first-order valence-corrected chi connectivity index (χ1v) is 4.09. The lowest BCUT2D eigenvalue weighted by Gasteiger charge is -2.01. The summed E-state index contributed by atoms with van der Waals surface area (Å²) >= 11 is 0. The number of nitrogens with zero attached hydrogens (tertiary/aromatic N) is 2. The highest BCUT2D eigenvalue weighted by atomic mass is 16.3. The van der Waals surface area contributed by atoms with E-state index in [1.54, 1.807) is 0 Å². The zero-order valence-corrected chi connectivity index (χ0v) is 7.24. The molecule has 2 rings (SSSR count). The highest BCUT2D eigenvalue weighted by Crippen LogP contribution is 2.01. The third-order valence-electron chi connectivity index (χ3n) is 1.70. The standard InChI is InChI=1S/C7H9N5O2/c13-2-1-8-7-11-5-4(6(14)12-7)9-3-10-5/h3,13H,1-2H2,(H3,8,9,10,11,12,14). The van der Waals surface area contributed by atoms with Crippen LogP contribution in [0.2, 0.25) is 0 Å². The second kappa shape index (κ2) is 3.46. The second-order valence-electron chi connectivity index (χ2n) is 2.67. The van der Waals surface area contributed by atoms with Gasteiger partial charge in [-0.2, -0.15) is 4.98 Å². The summed E-state index contributed by atoms with van der Waals surface area (Å²) in [6.45, 7) is 0.307. The van der Waals surface area contributed by atoms with Gasteiger partial charge in [-0.3, -0.25) is 9.78 Å². The van der Waals surface area contributed by atoms with E-state index >= 15 is 0 Å². The van der Waals surface area contributed by atoms with Crippen molar-refractivity contribution < 1.29 is 5.11 Å². The molecule has 74 valence electrons. The molecule has 2 heterocycles. The maximum absolute atomic E-state index is 11.4. The van der Waals surface area contributed by atoms with Gasteiger partial charge in [0.05, 0.1) is 12.9 Å². The number of H-pyrrole nitrogens is 2. The molecule has 0 unspecified atom stereocenters. The largest absolute Gasteiger partial charge is 0.395 e. The fraction of sp³-hybridized carbons (Fsp3) is 0.286. The van der Waals surface area contributed by atoms with E-state index in [-0.39, 0.29) is 12.2 Å². The Morgan fingerprint density at radius 3 is 3.21 bits per heavy atom. The number of aromatic nitrogens is 4. The first-order chi connectivity index (χ1) is 6.81. The fourth-order valence-corrected chi connectivity index (χ4v) is 1.10. The highest BCUT2D eigenvalue weighted by Gasteiger charge is 2.04. The van der Waals surface area contributed by atoms with E-state index in [1.807, 2.05) is 0 Å². The fourth-order valence-electron chi connectivity index (χ4n) is 1.10. The molecule has 0 aliphatic rings. The SMILES string of the molecule is O=c1[nH]c(NCCO)nc2nc[nH]c12. The van der Waals surface area contributed by atoms with Crippen LogP contribution in [0.5, 0.6) is 0 Å². The normalized spacial score (nSPS) is 10.6. The number of hydrogen-bond acceptors (Lipinski definition) is 5. The van der Waals surface area contributed by atoms with E-state index in [0.717, 1.165) is 0 Å². The molecule has 0 aliphatic carbocycles. The van der Waals surface area contributed by atoms with Crippen LogP contribution in [0, 0.1) is 0 Å². The number of aromatic amines is 2. The van der Waals surface area contributed by atoms with Crippen LogP contribution >= 0.6 is 0 Å². The third-order valence-corrected chi connectivity index (χ3v) is 1.70. The average Bonchev–Trinajstić information content (AvgIpc) is 2.63. The smallest absolute Gasteiger partial charge is 0.278 e. The molecule has 7 heteroatoms. The van der Waals surface area contributed by atoms with E-state index < -0.39 is 0 Å². The van der Waals surface area contributed by atoms with Gasteiger partial charge in [-0.15, -0.1) is 0 Å². The predicted molar refractivity (Wildman–Crippen MR) is 50.1 cm³/mol. The Balaban J connectivity index is 2.43. The van der Waals surface area contributed by atoms with Crippen molar-refractivity contribution in [3.8, 4) is 0 Å². The van der Waals surface area contributed by atoms with Gasteiger partial charge in [0.2, 0.25) is 5.95 Å². The minimum Gasteiger partial charge on any atom is -0.395 e. The van der Waals surface area contributed by atoms with Gasteiger partial charge in [-0.1, -0.05) is 0 Å². The summed E-state index contributed by atoms with van der Waals surface area (Å²) < 4.78 is 0. The number of imidazole rings is 1. The van der Waals surface area contributed by atoms with Gasteiger partial charge in [-0.05, 0) is 0 Å². The van der Waals surface area contributed by atoms with Gasteiger partial charge in [0.25, 0.3) is 5.56 Å². The minimum atomic E-state index is -0.284. The van der Waals surface area contributed by atoms with Gasteiger partial charge < -0.3 is 15.4 Å². The summed E-state index contributed by atoms with van der Waals surface area (Å²) in [5, 5.41) is 11.3. The van der Waals surface area contributed by atoms with Gasteiger partial charge in [0, 0.05) is 6.54 Å². The second-order valence-corrected chi connectivity index (χ2v) is 2.67. The lowest BCUT2D eigenvalue weighted by molar-refractivity contribution is 0.311. The molecule has 0 spiro atoms. The van der Waals surface area contributed by atoms with Gasteiger partial charge in [0.15, 0.2) is 11.2 Å². The molecule has 0 aliphatic heterocycles. The van der Waals surface area contributed by atoms with Crippen molar-refractivity contribution in [2.75, 3.05) is 18.5 Å². The summed E-state index contributed by atoms with van der Waals surface area (Å²) in [6.07, 6.45) is 1.41. The van der Waals surface area contributed by atoms with Crippen LogP contribution in [-0.2, 0) is 0 Å². The lowest BCUT2D eigenvalue weighted by Crippen LogP contribution is -2.15. The van der Waals surface area contributed by atoms with Crippen LogP contribution in [0.25, 0.3) is 11.2 Å². The number of aliphatic hydroxyl groups is 1. The molecular weight excluding hydrogens is 186 g/mol. The summed E-state index contributed by atoms with van der Waals surface area (Å²) in [4.78, 5) is 24.4. The lowest BCUT2D eigenvalue weighted by atomic mass is 10.5. The molecule has 0 fully saturated rings. The number of anilines is 1. The molecule has 2 aromatic rings. The van der Waals surface area contributed by atoms with Crippen molar-refractivity contribution in [3.63, 3.8) is 0 Å². The summed E-state index contributed by atoms with van der Waals surface area (Å²) in [5.74, 6) is 0.309. The third kappa shape index (κ3) is 1.44. The van der Waals surface area contributed by atoms with Crippen molar-refractivity contribution in [2.24, 2.45) is 0 Å². The number of rotatable bonds is 3. The molecule has 4 N–H and O–H groups in total. The molecule has 14 heavy (non-hydrogen) atoms. The number of hydrogen-bond donors (Lipinski definition) is 4. The Hall–Kier alpha value is -1.89. The van der Waals surface area contributed by atoms with Crippen molar-refractivity contribution in [1.29, 1.82) is 0 Å². The predicted octanol–water partition coefficient (Wildman–Crippen LogP) is -0.950. The summed E-state index contributed by atoms with van der Waals surface area (Å²) in [5.41, 5.74) is 0.418. The Morgan fingerprint density at radius 1 is 1.57 bits per heavy atom. The number of fused-ring (bicyclic) bond motifs is 1. The molecule has 0 aromatic carbocycles. The maximum Gasteiger partial charge on any atom is 0.278 e. The van der Waals surface area contributed by atoms with Crippen molar-refractivity contribution in [3.05, 3.63) is 16.7 Å². The van der Waals surface area contributed by atoms with E-state index in [0.29, 0.717) is 23.7 Å². The molecule has 0 radical (unpaired) electrons. The van der Waals surface area contributed by atoms with Crippen molar-refractivity contribution >= 4 is 17.1 Å². The zero-order chi connectivity index (χ0) is 9.97. The van der Waals surface area contributed by atoms with E-state index in [9.17, 15) is 4.79 Å². The average molecular weight is 195 g/mol. The van der Waals surface area contributed by atoms with Gasteiger partial charge in [0.1, 0.15) is 0 Å². The molecule has 0 saturated carbocycles. The van der Waals surface area contributed by atoms with Gasteiger partial charge >= 0.3 is 0 Å². The summed E-state index contributed by atoms with van der Waals surface area (Å²) in [7, 11) is 0. The molecule has 2 aromatic heterocycles. The Kier molecular flexibility index (Phi) is 2.15. The monoisotopic (exact) mass is 195 g/mol. The Bertz CT molecular complexity index is 488. The van der Waals surface area contributed by atoms with Crippen molar-refractivity contribution in [2.45, 2.75) is 0 Å². The van der Waals surface area contributed by atoms with E-state index in [2.05, 4.69) is 25.3 Å². The number of nitrogens with one attached hydrogen (secondary N) is 3. The summed E-state index contributed by atoms with van der Waals surface area (Å²) in [6, 6.07) is 0. The van der Waals surface area contributed by atoms with Crippen LogP contribution < -0.4 is 10.9 Å². The molecule has 0 saturated heterocycles. The molecule has 0 bridgehead atoms. The Labute approximate surface area is 78.2 Å². The molecule has 0 atom stereocenters. The molecule has 0 amide bonds. The van der Waals surface area contributed by atoms with E-state index in [4.69, 9.17) is 5.11 Å².